The molecule has 1 aliphatic rings. The third-order valence-electron chi connectivity index (χ3n) is 5.33. The van der Waals surface area contributed by atoms with E-state index in [1.165, 1.54) is 6.20 Å². The van der Waals surface area contributed by atoms with E-state index >= 15 is 0 Å². The first-order chi connectivity index (χ1) is 16.0. The van der Waals surface area contributed by atoms with Crippen LogP contribution in [0.1, 0.15) is 44.4 Å². The fraction of sp³-hybridized carbons (Fsp3) is 0.250. The van der Waals surface area contributed by atoms with Crippen LogP contribution in [-0.2, 0) is 0 Å². The maximum Gasteiger partial charge on any atom is 0.274 e. The Morgan fingerprint density at radius 3 is 2.64 bits per heavy atom. The molecule has 0 aliphatic carbocycles. The zero-order valence-electron chi connectivity index (χ0n) is 18.2. The summed E-state index contributed by atoms with van der Waals surface area (Å²) in [4.78, 5) is 34.2. The SMILES string of the molecule is Cc1ccc(NC(=O)c2ccc(C3CNCCCN3)cn2)c(C(=O)Nc2ccc(Cl)cn2)c1. The van der Waals surface area contributed by atoms with Gasteiger partial charge in [-0.1, -0.05) is 29.3 Å². The second kappa shape index (κ2) is 10.5. The van der Waals surface area contributed by atoms with E-state index < -0.39 is 5.91 Å². The van der Waals surface area contributed by atoms with Crippen molar-refractivity contribution in [3.05, 3.63) is 82.3 Å². The lowest BCUT2D eigenvalue weighted by Gasteiger charge is -2.16. The Morgan fingerprint density at radius 2 is 1.88 bits per heavy atom. The van der Waals surface area contributed by atoms with Crippen LogP contribution in [0.25, 0.3) is 0 Å². The van der Waals surface area contributed by atoms with Crippen molar-refractivity contribution < 1.29 is 9.59 Å². The quantitative estimate of drug-likeness (QED) is 0.459. The van der Waals surface area contributed by atoms with Crippen molar-refractivity contribution in [3.8, 4) is 0 Å². The van der Waals surface area contributed by atoms with E-state index in [9.17, 15) is 9.59 Å². The maximum atomic E-state index is 12.9. The van der Waals surface area contributed by atoms with Crippen LogP contribution in [0.3, 0.4) is 0 Å². The Kier molecular flexibility index (Phi) is 7.29. The van der Waals surface area contributed by atoms with Gasteiger partial charge < -0.3 is 21.3 Å². The van der Waals surface area contributed by atoms with Crippen LogP contribution in [-0.4, -0.2) is 41.4 Å². The summed E-state index contributed by atoms with van der Waals surface area (Å²) in [6.45, 7) is 4.61. The molecule has 170 valence electrons. The summed E-state index contributed by atoms with van der Waals surface area (Å²) in [6.07, 6.45) is 4.24. The number of halogens is 1. The van der Waals surface area contributed by atoms with E-state index in [4.69, 9.17) is 11.6 Å². The van der Waals surface area contributed by atoms with Crippen molar-refractivity contribution in [1.29, 1.82) is 0 Å². The summed E-state index contributed by atoms with van der Waals surface area (Å²) in [5.41, 5.74) is 2.88. The summed E-state index contributed by atoms with van der Waals surface area (Å²) in [5, 5.41) is 12.9. The maximum absolute atomic E-state index is 12.9. The van der Waals surface area contributed by atoms with Gasteiger partial charge in [0.2, 0.25) is 0 Å². The number of aryl methyl sites for hydroxylation is 1. The highest BCUT2D eigenvalue weighted by Crippen LogP contribution is 2.21. The zero-order chi connectivity index (χ0) is 23.2. The molecule has 1 aliphatic heterocycles. The molecule has 0 bridgehead atoms. The first-order valence-corrected chi connectivity index (χ1v) is 11.1. The number of nitrogens with one attached hydrogen (secondary N) is 4. The van der Waals surface area contributed by atoms with Crippen molar-refractivity contribution in [2.24, 2.45) is 0 Å². The molecule has 3 heterocycles. The molecule has 1 fully saturated rings. The number of pyridine rings is 2. The first-order valence-electron chi connectivity index (χ1n) is 10.7. The highest BCUT2D eigenvalue weighted by atomic mass is 35.5. The van der Waals surface area contributed by atoms with Gasteiger partial charge in [-0.05, 0) is 62.3 Å². The fourth-order valence-electron chi connectivity index (χ4n) is 3.56. The molecule has 1 saturated heterocycles. The summed E-state index contributed by atoms with van der Waals surface area (Å²) >= 11 is 5.85. The van der Waals surface area contributed by atoms with E-state index in [2.05, 4.69) is 31.2 Å². The molecule has 8 nitrogen and oxygen atoms in total. The minimum absolute atomic E-state index is 0.158. The van der Waals surface area contributed by atoms with Crippen LogP contribution in [0.5, 0.6) is 0 Å². The fourth-order valence-corrected chi connectivity index (χ4v) is 3.68. The molecule has 1 aromatic carbocycles. The van der Waals surface area contributed by atoms with Gasteiger partial charge in [-0.25, -0.2) is 4.98 Å². The molecule has 1 atom stereocenters. The van der Waals surface area contributed by atoms with Crippen molar-refractivity contribution in [3.63, 3.8) is 0 Å². The molecule has 0 spiro atoms. The molecule has 1 unspecified atom stereocenters. The van der Waals surface area contributed by atoms with Gasteiger partial charge in [-0.3, -0.25) is 14.6 Å². The molecule has 4 rings (SSSR count). The lowest BCUT2D eigenvalue weighted by molar-refractivity contribution is 0.102. The molecule has 2 amide bonds. The zero-order valence-corrected chi connectivity index (χ0v) is 18.9. The lowest BCUT2D eigenvalue weighted by atomic mass is 10.1. The topological polar surface area (TPSA) is 108 Å². The van der Waals surface area contributed by atoms with Crippen LogP contribution >= 0.6 is 11.6 Å². The molecule has 0 saturated carbocycles. The van der Waals surface area contributed by atoms with Gasteiger partial charge in [0, 0.05) is 25.0 Å². The van der Waals surface area contributed by atoms with Gasteiger partial charge in [-0.2, -0.15) is 0 Å². The van der Waals surface area contributed by atoms with Crippen molar-refractivity contribution in [1.82, 2.24) is 20.6 Å². The monoisotopic (exact) mass is 464 g/mol. The third kappa shape index (κ3) is 5.92. The third-order valence-corrected chi connectivity index (χ3v) is 5.55. The Hall–Kier alpha value is -3.33. The number of hydrogen-bond donors (Lipinski definition) is 4. The van der Waals surface area contributed by atoms with E-state index in [1.54, 1.807) is 36.5 Å². The predicted octanol–water partition coefficient (Wildman–Crippen LogP) is 3.57. The van der Waals surface area contributed by atoms with E-state index in [0.717, 1.165) is 37.2 Å². The average molecular weight is 465 g/mol. The average Bonchev–Trinajstić information content (AvgIpc) is 3.11. The summed E-state index contributed by atoms with van der Waals surface area (Å²) in [6, 6.07) is 12.2. The molecular weight excluding hydrogens is 440 g/mol. The van der Waals surface area contributed by atoms with Gasteiger partial charge in [0.05, 0.1) is 16.3 Å². The smallest absolute Gasteiger partial charge is 0.274 e. The molecule has 9 heteroatoms. The highest BCUT2D eigenvalue weighted by Gasteiger charge is 2.18. The number of carbonyl (C=O) groups excluding carboxylic acids is 2. The summed E-state index contributed by atoms with van der Waals surface area (Å²) in [5.74, 6) is -0.419. The lowest BCUT2D eigenvalue weighted by Crippen LogP contribution is -2.27. The van der Waals surface area contributed by atoms with E-state index in [0.29, 0.717) is 22.1 Å². The number of carbonyl (C=O) groups is 2. The molecule has 33 heavy (non-hydrogen) atoms. The Labute approximate surface area is 197 Å². The van der Waals surface area contributed by atoms with Crippen LogP contribution in [0.2, 0.25) is 5.02 Å². The molecular formula is C24H25ClN6O2. The van der Waals surface area contributed by atoms with Crippen LogP contribution in [0.15, 0.2) is 54.9 Å². The molecule has 0 radical (unpaired) electrons. The predicted molar refractivity (Wildman–Crippen MR) is 129 cm³/mol. The van der Waals surface area contributed by atoms with Gasteiger partial charge in [0.15, 0.2) is 0 Å². The minimum Gasteiger partial charge on any atom is -0.320 e. The van der Waals surface area contributed by atoms with Crippen LogP contribution in [0, 0.1) is 6.92 Å². The van der Waals surface area contributed by atoms with Crippen molar-refractivity contribution in [2.75, 3.05) is 30.3 Å². The number of aromatic nitrogens is 2. The van der Waals surface area contributed by atoms with E-state index in [1.807, 2.05) is 19.1 Å². The number of nitrogens with zero attached hydrogens (tertiary/aromatic N) is 2. The second-order valence-corrected chi connectivity index (χ2v) is 8.30. The van der Waals surface area contributed by atoms with Crippen LogP contribution < -0.4 is 21.3 Å². The Morgan fingerprint density at radius 1 is 1.00 bits per heavy atom. The number of anilines is 2. The first kappa shape index (κ1) is 22.8. The Balaban J connectivity index is 1.48. The number of benzene rings is 1. The van der Waals surface area contributed by atoms with Crippen molar-refractivity contribution in [2.45, 2.75) is 19.4 Å². The molecule has 4 N–H and O–H groups in total. The minimum atomic E-state index is -0.393. The number of rotatable bonds is 5. The van der Waals surface area contributed by atoms with Gasteiger partial charge >= 0.3 is 0 Å². The Bertz CT molecular complexity index is 1130. The van der Waals surface area contributed by atoms with Gasteiger partial charge in [0.25, 0.3) is 11.8 Å². The summed E-state index contributed by atoms with van der Waals surface area (Å²) < 4.78 is 0. The highest BCUT2D eigenvalue weighted by molar-refractivity contribution is 6.30. The second-order valence-electron chi connectivity index (χ2n) is 7.86. The van der Waals surface area contributed by atoms with E-state index in [-0.39, 0.29) is 17.6 Å². The van der Waals surface area contributed by atoms with Crippen LogP contribution in [0.4, 0.5) is 11.5 Å². The van der Waals surface area contributed by atoms with Gasteiger partial charge in [0.1, 0.15) is 11.5 Å². The largest absolute Gasteiger partial charge is 0.320 e. The number of amides is 2. The molecule has 3 aromatic rings. The number of hydrogen-bond acceptors (Lipinski definition) is 6. The van der Waals surface area contributed by atoms with Gasteiger partial charge in [-0.15, -0.1) is 0 Å². The standard InChI is InChI=1S/C24H25ClN6O2/c1-15-3-6-19(18(11-15)23(32)31-22-8-5-17(25)13-29-22)30-24(33)20-7-4-16(12-28-20)21-14-26-9-2-10-27-21/h3-8,11-13,21,26-27H,2,9-10,14H2,1H3,(H,30,33)(H,29,31,32). The van der Waals surface area contributed by atoms with Crippen molar-refractivity contribution >= 4 is 34.9 Å². The molecule has 2 aromatic heterocycles. The normalized spacial score (nSPS) is 16.0. The summed E-state index contributed by atoms with van der Waals surface area (Å²) in [7, 11) is 0.